The normalized spacial score (nSPS) is 12.0. The predicted octanol–water partition coefficient (Wildman–Crippen LogP) is 4.45. The van der Waals surface area contributed by atoms with Crippen molar-refractivity contribution >= 4 is 0 Å². The molecule has 0 nitrogen and oxygen atoms in total. The van der Waals surface area contributed by atoms with E-state index in [0.29, 0.717) is 5.41 Å². The van der Waals surface area contributed by atoms with Crippen LogP contribution < -0.4 is 0 Å². The standard InChI is InChI=1S/C12H25.Ni/c1-10(2)7-8-12(5,6)9-11(3)4;/h11H,7-9H2,1-6H3;/q-1;. The van der Waals surface area contributed by atoms with Gasteiger partial charge in [-0.2, -0.15) is 20.3 Å². The second-order valence-corrected chi connectivity index (χ2v) is 5.47. The molecular formula is C12H25Ni-. The van der Waals surface area contributed by atoms with Crippen LogP contribution in [0.2, 0.25) is 0 Å². The van der Waals surface area contributed by atoms with Crippen LogP contribution >= 0.6 is 0 Å². The fourth-order valence-electron chi connectivity index (χ4n) is 1.80. The second-order valence-electron chi connectivity index (χ2n) is 5.47. The second kappa shape index (κ2) is 6.88. The maximum atomic E-state index is 2.38. The van der Waals surface area contributed by atoms with E-state index in [4.69, 9.17) is 0 Å². The van der Waals surface area contributed by atoms with Crippen molar-refractivity contribution in [1.29, 1.82) is 0 Å². The average molecular weight is 228 g/mol. The quantitative estimate of drug-likeness (QED) is 0.481. The Morgan fingerprint density at radius 2 is 1.62 bits per heavy atom. The monoisotopic (exact) mass is 227 g/mol. The molecule has 0 fully saturated rings. The Morgan fingerprint density at radius 3 is 1.92 bits per heavy atom. The number of hydrogen-bond acceptors (Lipinski definition) is 0. The van der Waals surface area contributed by atoms with E-state index in [2.05, 4.69) is 41.5 Å². The molecule has 0 spiro atoms. The first-order valence-electron chi connectivity index (χ1n) is 5.12. The molecule has 0 aromatic carbocycles. The molecule has 0 radical (unpaired) electrons. The molecule has 0 aliphatic rings. The van der Waals surface area contributed by atoms with E-state index in [9.17, 15) is 0 Å². The van der Waals surface area contributed by atoms with Crippen LogP contribution in [-0.2, 0) is 16.5 Å². The zero-order chi connectivity index (χ0) is 9.78. The summed E-state index contributed by atoms with van der Waals surface area (Å²) in [5, 5.41) is 0. The molecule has 0 atom stereocenters. The van der Waals surface area contributed by atoms with E-state index in [0.717, 1.165) is 5.92 Å². The topological polar surface area (TPSA) is 0 Å². The Labute approximate surface area is 94.8 Å². The third-order valence-corrected chi connectivity index (χ3v) is 2.26. The molecule has 0 bridgehead atoms. The average Bonchev–Trinajstić information content (AvgIpc) is 1.81. The van der Waals surface area contributed by atoms with Gasteiger partial charge in [-0.15, -0.1) is 0 Å². The van der Waals surface area contributed by atoms with Gasteiger partial charge >= 0.3 is 0 Å². The van der Waals surface area contributed by atoms with E-state index in [1.54, 1.807) is 5.92 Å². The van der Waals surface area contributed by atoms with Gasteiger partial charge in [0.2, 0.25) is 0 Å². The largest absolute Gasteiger partial charge is 0.320 e. The molecule has 0 N–H and O–H groups in total. The van der Waals surface area contributed by atoms with Crippen molar-refractivity contribution in [1.82, 2.24) is 0 Å². The van der Waals surface area contributed by atoms with Gasteiger partial charge in [0, 0.05) is 16.5 Å². The van der Waals surface area contributed by atoms with Gasteiger partial charge in [-0.3, -0.25) is 0 Å². The van der Waals surface area contributed by atoms with Crippen molar-refractivity contribution < 1.29 is 16.5 Å². The van der Waals surface area contributed by atoms with Gasteiger partial charge in [-0.1, -0.05) is 34.1 Å². The van der Waals surface area contributed by atoms with Crippen molar-refractivity contribution in [3.05, 3.63) is 5.92 Å². The number of rotatable bonds is 5. The van der Waals surface area contributed by atoms with Crippen molar-refractivity contribution in [3.8, 4) is 0 Å². The van der Waals surface area contributed by atoms with Crippen LogP contribution in [0.1, 0.15) is 60.8 Å². The van der Waals surface area contributed by atoms with E-state index < -0.39 is 0 Å². The molecule has 0 unspecified atom stereocenters. The summed E-state index contributed by atoms with van der Waals surface area (Å²) in [6.07, 6.45) is 3.98. The Morgan fingerprint density at radius 1 is 1.15 bits per heavy atom. The Bertz CT molecular complexity index is 114. The molecule has 0 amide bonds. The molecule has 0 aromatic rings. The molecule has 84 valence electrons. The van der Waals surface area contributed by atoms with Crippen LogP contribution in [0.25, 0.3) is 0 Å². The summed E-state index contributed by atoms with van der Waals surface area (Å²) in [6.45, 7) is 13.8. The Kier molecular flexibility index (Phi) is 8.43. The summed E-state index contributed by atoms with van der Waals surface area (Å²) < 4.78 is 0. The molecule has 0 aliphatic heterocycles. The fraction of sp³-hybridized carbons (Fsp3) is 0.917. The van der Waals surface area contributed by atoms with Gasteiger partial charge < -0.3 is 5.92 Å². The minimum absolute atomic E-state index is 0. The zero-order valence-corrected chi connectivity index (χ0v) is 11.0. The van der Waals surface area contributed by atoms with Crippen molar-refractivity contribution in [2.45, 2.75) is 60.8 Å². The predicted molar refractivity (Wildman–Crippen MR) is 57.1 cm³/mol. The summed E-state index contributed by atoms with van der Waals surface area (Å²) in [6, 6.07) is 0. The molecule has 0 heterocycles. The van der Waals surface area contributed by atoms with Crippen LogP contribution in [0.5, 0.6) is 0 Å². The molecule has 0 saturated heterocycles. The maximum Gasteiger partial charge on any atom is 0 e. The van der Waals surface area contributed by atoms with E-state index in [-0.39, 0.29) is 16.5 Å². The Balaban J connectivity index is 0. The number of hydrogen-bond donors (Lipinski definition) is 0. The van der Waals surface area contributed by atoms with Crippen molar-refractivity contribution in [2.24, 2.45) is 11.3 Å². The summed E-state index contributed by atoms with van der Waals surface area (Å²) in [5.74, 6) is 2.39. The van der Waals surface area contributed by atoms with Gasteiger partial charge in [0.05, 0.1) is 0 Å². The zero-order valence-electron chi connectivity index (χ0n) is 10.0. The molecule has 0 aromatic heterocycles. The summed E-state index contributed by atoms with van der Waals surface area (Å²) >= 11 is 0. The smallest absolute Gasteiger partial charge is 0 e. The summed E-state index contributed by atoms with van der Waals surface area (Å²) in [4.78, 5) is 0. The third-order valence-electron chi connectivity index (χ3n) is 2.26. The van der Waals surface area contributed by atoms with Gasteiger partial charge in [0.15, 0.2) is 0 Å². The summed E-state index contributed by atoms with van der Waals surface area (Å²) in [5.41, 5.74) is 0.533. The van der Waals surface area contributed by atoms with E-state index in [1.165, 1.54) is 19.3 Å². The van der Waals surface area contributed by atoms with Crippen LogP contribution in [0.15, 0.2) is 0 Å². The van der Waals surface area contributed by atoms with Gasteiger partial charge in [-0.05, 0) is 17.8 Å². The first-order chi connectivity index (χ1) is 5.33. The first kappa shape index (κ1) is 15.9. The van der Waals surface area contributed by atoms with Crippen LogP contribution in [0.4, 0.5) is 0 Å². The van der Waals surface area contributed by atoms with Gasteiger partial charge in [-0.25, -0.2) is 0 Å². The molecule has 0 aliphatic carbocycles. The molecule has 0 rings (SSSR count). The van der Waals surface area contributed by atoms with Crippen LogP contribution in [0.3, 0.4) is 0 Å². The minimum atomic E-state index is 0. The van der Waals surface area contributed by atoms with E-state index >= 15 is 0 Å². The maximum absolute atomic E-state index is 2.38. The van der Waals surface area contributed by atoms with Crippen LogP contribution in [-0.4, -0.2) is 0 Å². The molecule has 0 saturated carbocycles. The molecular weight excluding hydrogens is 203 g/mol. The Hall–Kier alpha value is 0.494. The van der Waals surface area contributed by atoms with Crippen molar-refractivity contribution in [3.63, 3.8) is 0 Å². The molecule has 13 heavy (non-hydrogen) atoms. The summed E-state index contributed by atoms with van der Waals surface area (Å²) in [7, 11) is 0. The van der Waals surface area contributed by atoms with E-state index in [1.807, 2.05) is 0 Å². The third kappa shape index (κ3) is 10.4. The van der Waals surface area contributed by atoms with Gasteiger partial charge in [0.25, 0.3) is 0 Å². The molecule has 1 heteroatoms. The first-order valence-corrected chi connectivity index (χ1v) is 5.12. The van der Waals surface area contributed by atoms with Gasteiger partial charge in [0.1, 0.15) is 0 Å². The SMILES string of the molecule is C[C-](C)CCC(C)(C)CC(C)C.[Ni]. The van der Waals surface area contributed by atoms with Crippen molar-refractivity contribution in [2.75, 3.05) is 0 Å². The minimum Gasteiger partial charge on any atom is -0.320 e. The fourth-order valence-corrected chi connectivity index (χ4v) is 1.80. The van der Waals surface area contributed by atoms with Crippen LogP contribution in [0, 0.1) is 17.3 Å².